The van der Waals surface area contributed by atoms with Gasteiger partial charge < -0.3 is 25.2 Å². The molecule has 2 fully saturated rings. The number of ether oxygens (including phenoxy) is 1. The van der Waals surface area contributed by atoms with Crippen molar-refractivity contribution >= 4 is 29.2 Å². The molecule has 0 bridgehead atoms. The zero-order chi connectivity index (χ0) is 22.8. The highest BCUT2D eigenvalue weighted by Gasteiger charge is 2.31. The van der Waals surface area contributed by atoms with Crippen molar-refractivity contribution in [2.24, 2.45) is 5.92 Å². The molecule has 4 heterocycles. The van der Waals surface area contributed by atoms with Crippen molar-refractivity contribution in [3.63, 3.8) is 0 Å². The van der Waals surface area contributed by atoms with E-state index in [1.165, 1.54) is 0 Å². The number of nitrogens with zero attached hydrogens (tertiary/aromatic N) is 3. The molecule has 0 saturated carbocycles. The molecule has 2 saturated heterocycles. The van der Waals surface area contributed by atoms with E-state index in [2.05, 4.69) is 20.5 Å². The topological polar surface area (TPSA) is 104 Å². The number of Topliss-reactive ketones (excluding diaryl/α,β-unsaturated/α-hetero) is 1. The number of rotatable bonds is 4. The van der Waals surface area contributed by atoms with Gasteiger partial charge in [-0.3, -0.25) is 9.59 Å². The lowest BCUT2D eigenvalue weighted by Crippen LogP contribution is -2.49. The summed E-state index contributed by atoms with van der Waals surface area (Å²) < 4.78 is 5.36. The number of carbonyl (C=O) groups is 3. The Morgan fingerprint density at radius 1 is 1.09 bits per heavy atom. The highest BCUT2D eigenvalue weighted by Crippen LogP contribution is 2.31. The number of carbonyl (C=O) groups excluding carboxylic acids is 3. The Kier molecular flexibility index (Phi) is 5.85. The van der Waals surface area contributed by atoms with Gasteiger partial charge in [-0.25, -0.2) is 9.78 Å². The predicted octanol–water partition coefficient (Wildman–Crippen LogP) is 2.30. The summed E-state index contributed by atoms with van der Waals surface area (Å²) in [5, 5.41) is 5.88. The SMILES string of the molecule is O=C1COc2ccc(C(=O)C3CCN(C(=O)NC4CCN(c5ccccn5)C4)CC3)cc2N1. The number of hydrogen-bond donors (Lipinski definition) is 2. The van der Waals surface area contributed by atoms with E-state index < -0.39 is 0 Å². The van der Waals surface area contributed by atoms with E-state index in [-0.39, 0.29) is 36.3 Å². The molecule has 9 nitrogen and oxygen atoms in total. The zero-order valence-corrected chi connectivity index (χ0v) is 18.3. The summed E-state index contributed by atoms with van der Waals surface area (Å²) in [6, 6.07) is 11.0. The van der Waals surface area contributed by atoms with Crippen LogP contribution in [0.2, 0.25) is 0 Å². The summed E-state index contributed by atoms with van der Waals surface area (Å²) in [6.07, 6.45) is 3.91. The van der Waals surface area contributed by atoms with E-state index in [4.69, 9.17) is 4.74 Å². The fourth-order valence-corrected chi connectivity index (χ4v) is 4.71. The van der Waals surface area contributed by atoms with Crippen molar-refractivity contribution in [3.05, 3.63) is 48.2 Å². The largest absolute Gasteiger partial charge is 0.482 e. The van der Waals surface area contributed by atoms with E-state index in [1.54, 1.807) is 29.3 Å². The number of urea groups is 1. The van der Waals surface area contributed by atoms with Crippen LogP contribution in [0.3, 0.4) is 0 Å². The summed E-state index contributed by atoms with van der Waals surface area (Å²) >= 11 is 0. The first-order valence-corrected chi connectivity index (χ1v) is 11.4. The molecule has 0 radical (unpaired) electrons. The third kappa shape index (κ3) is 4.62. The van der Waals surface area contributed by atoms with Gasteiger partial charge in [-0.2, -0.15) is 0 Å². The molecule has 172 valence electrons. The number of nitrogens with one attached hydrogen (secondary N) is 2. The second-order valence-electron chi connectivity index (χ2n) is 8.74. The van der Waals surface area contributed by atoms with Crippen LogP contribution in [0.15, 0.2) is 42.6 Å². The average Bonchev–Trinajstić information content (AvgIpc) is 3.32. The lowest BCUT2D eigenvalue weighted by Gasteiger charge is -2.32. The van der Waals surface area contributed by atoms with Gasteiger partial charge in [-0.15, -0.1) is 0 Å². The predicted molar refractivity (Wildman–Crippen MR) is 123 cm³/mol. The number of anilines is 2. The van der Waals surface area contributed by atoms with Gasteiger partial charge in [-0.05, 0) is 49.6 Å². The van der Waals surface area contributed by atoms with Gasteiger partial charge in [0.25, 0.3) is 5.91 Å². The Morgan fingerprint density at radius 2 is 1.94 bits per heavy atom. The van der Waals surface area contributed by atoms with Crippen molar-refractivity contribution < 1.29 is 19.1 Å². The average molecular weight is 450 g/mol. The van der Waals surface area contributed by atoms with E-state index >= 15 is 0 Å². The summed E-state index contributed by atoms with van der Waals surface area (Å²) in [7, 11) is 0. The summed E-state index contributed by atoms with van der Waals surface area (Å²) in [5.74, 6) is 1.18. The number of benzene rings is 1. The van der Waals surface area contributed by atoms with Crippen LogP contribution in [0.4, 0.5) is 16.3 Å². The number of pyridine rings is 1. The molecule has 9 heteroatoms. The monoisotopic (exact) mass is 449 g/mol. The maximum absolute atomic E-state index is 13.0. The number of aromatic nitrogens is 1. The van der Waals surface area contributed by atoms with Gasteiger partial charge in [0.1, 0.15) is 11.6 Å². The molecule has 1 aromatic heterocycles. The zero-order valence-electron chi connectivity index (χ0n) is 18.3. The first-order valence-electron chi connectivity index (χ1n) is 11.4. The molecule has 3 aliphatic rings. The van der Waals surface area contributed by atoms with Crippen molar-refractivity contribution in [1.82, 2.24) is 15.2 Å². The lowest BCUT2D eigenvalue weighted by atomic mass is 9.88. The van der Waals surface area contributed by atoms with Gasteiger partial charge in [0.05, 0.1) is 5.69 Å². The van der Waals surface area contributed by atoms with Crippen LogP contribution in [0, 0.1) is 5.92 Å². The Morgan fingerprint density at radius 3 is 2.73 bits per heavy atom. The van der Waals surface area contributed by atoms with Gasteiger partial charge in [0.2, 0.25) is 0 Å². The lowest BCUT2D eigenvalue weighted by molar-refractivity contribution is -0.118. The molecular weight excluding hydrogens is 422 g/mol. The molecule has 3 aliphatic heterocycles. The maximum atomic E-state index is 13.0. The minimum absolute atomic E-state index is 0.0111. The van der Waals surface area contributed by atoms with Crippen molar-refractivity contribution in [3.8, 4) is 5.75 Å². The molecule has 2 aromatic rings. The van der Waals surface area contributed by atoms with Gasteiger partial charge in [0.15, 0.2) is 12.4 Å². The second kappa shape index (κ2) is 9.09. The normalized spacial score (nSPS) is 20.6. The number of ketones is 1. The number of likely N-dealkylation sites (tertiary alicyclic amines) is 1. The molecule has 0 aliphatic carbocycles. The molecule has 33 heavy (non-hydrogen) atoms. The van der Waals surface area contributed by atoms with Crippen molar-refractivity contribution in [2.75, 3.05) is 43.0 Å². The highest BCUT2D eigenvalue weighted by atomic mass is 16.5. The first-order chi connectivity index (χ1) is 16.1. The molecule has 0 spiro atoms. The number of fused-ring (bicyclic) bond motifs is 1. The smallest absolute Gasteiger partial charge is 0.317 e. The van der Waals surface area contributed by atoms with Crippen molar-refractivity contribution in [2.45, 2.75) is 25.3 Å². The fraction of sp³-hybridized carbons (Fsp3) is 0.417. The van der Waals surface area contributed by atoms with Crippen LogP contribution in [0.5, 0.6) is 5.75 Å². The van der Waals surface area contributed by atoms with Crippen LogP contribution in [0.25, 0.3) is 0 Å². The second-order valence-corrected chi connectivity index (χ2v) is 8.74. The van der Waals surface area contributed by atoms with E-state index in [1.807, 2.05) is 18.2 Å². The van der Waals surface area contributed by atoms with Crippen LogP contribution >= 0.6 is 0 Å². The number of hydrogen-bond acceptors (Lipinski definition) is 6. The molecule has 1 atom stereocenters. The highest BCUT2D eigenvalue weighted by molar-refractivity contribution is 6.01. The quantitative estimate of drug-likeness (QED) is 0.695. The minimum Gasteiger partial charge on any atom is -0.482 e. The van der Waals surface area contributed by atoms with Gasteiger partial charge >= 0.3 is 6.03 Å². The summed E-state index contributed by atoms with van der Waals surface area (Å²) in [6.45, 7) is 2.69. The van der Waals surface area contributed by atoms with Crippen LogP contribution < -0.4 is 20.3 Å². The molecule has 1 aromatic carbocycles. The van der Waals surface area contributed by atoms with Crippen LogP contribution in [0.1, 0.15) is 29.6 Å². The Hall–Kier alpha value is -3.62. The Labute approximate surface area is 192 Å². The minimum atomic E-state index is -0.225. The van der Waals surface area contributed by atoms with Crippen LogP contribution in [-0.4, -0.2) is 66.4 Å². The fourth-order valence-electron chi connectivity index (χ4n) is 4.71. The van der Waals surface area contributed by atoms with Crippen LogP contribution in [-0.2, 0) is 4.79 Å². The molecule has 5 rings (SSSR count). The standard InChI is InChI=1S/C24H27N5O4/c30-22-15-33-20-5-4-17(13-19(20)27-22)23(31)16-6-10-28(11-7-16)24(32)26-18-8-12-29(14-18)21-3-1-2-9-25-21/h1-5,9,13,16,18H,6-8,10-12,14-15H2,(H,26,32)(H,27,30). The molecule has 1 unspecified atom stereocenters. The van der Waals surface area contributed by atoms with Crippen molar-refractivity contribution in [1.29, 1.82) is 0 Å². The molecule has 2 N–H and O–H groups in total. The van der Waals surface area contributed by atoms with Gasteiger partial charge in [-0.1, -0.05) is 6.07 Å². The summed E-state index contributed by atoms with van der Waals surface area (Å²) in [5.41, 5.74) is 1.09. The molecule has 3 amide bonds. The maximum Gasteiger partial charge on any atom is 0.317 e. The number of amides is 3. The first kappa shape index (κ1) is 21.2. The van der Waals surface area contributed by atoms with E-state index in [9.17, 15) is 14.4 Å². The number of piperidine rings is 1. The van der Waals surface area contributed by atoms with E-state index in [0.29, 0.717) is 42.9 Å². The Balaban J connectivity index is 1.12. The Bertz CT molecular complexity index is 1050. The van der Waals surface area contributed by atoms with E-state index in [0.717, 1.165) is 25.3 Å². The third-order valence-electron chi connectivity index (χ3n) is 6.54. The van der Waals surface area contributed by atoms with Gasteiger partial charge in [0, 0.05) is 49.9 Å². The third-order valence-corrected chi connectivity index (χ3v) is 6.54. The molecular formula is C24H27N5O4. The summed E-state index contributed by atoms with van der Waals surface area (Å²) in [4.78, 5) is 45.7.